The highest BCUT2D eigenvalue weighted by molar-refractivity contribution is 5.88. The number of carbonyl (C=O) groups excluding carboxylic acids is 1. The summed E-state index contributed by atoms with van der Waals surface area (Å²) in [4.78, 5) is 33.1. The molecule has 7 heteroatoms. The van der Waals surface area contributed by atoms with Gasteiger partial charge in [0, 0.05) is 18.9 Å². The molecule has 1 aromatic carbocycles. The van der Waals surface area contributed by atoms with Gasteiger partial charge >= 0.3 is 5.97 Å². The van der Waals surface area contributed by atoms with Crippen molar-refractivity contribution in [3.63, 3.8) is 0 Å². The van der Waals surface area contributed by atoms with Crippen LogP contribution in [-0.2, 0) is 11.3 Å². The molecule has 0 aliphatic heterocycles. The minimum Gasteiger partial charge on any atom is -0.464 e. The van der Waals surface area contributed by atoms with Gasteiger partial charge in [-0.05, 0) is 41.8 Å². The summed E-state index contributed by atoms with van der Waals surface area (Å²) >= 11 is 0. The Morgan fingerprint density at radius 2 is 1.96 bits per heavy atom. The second-order valence-electron chi connectivity index (χ2n) is 6.63. The molecule has 0 saturated heterocycles. The van der Waals surface area contributed by atoms with Gasteiger partial charge in [-0.2, -0.15) is 0 Å². The summed E-state index contributed by atoms with van der Waals surface area (Å²) in [6.07, 6.45) is 7.08. The maximum atomic E-state index is 12.8. The van der Waals surface area contributed by atoms with Crippen LogP contribution in [0.4, 0.5) is 0 Å². The summed E-state index contributed by atoms with van der Waals surface area (Å²) in [7, 11) is 1.33. The number of unbranched alkanes of at least 4 members (excludes halogenated alkanes) is 1. The molecule has 3 aromatic heterocycles. The Morgan fingerprint density at radius 1 is 1.14 bits per heavy atom. The largest absolute Gasteiger partial charge is 0.464 e. The molecule has 0 saturated carbocycles. The zero-order valence-electron chi connectivity index (χ0n) is 15.8. The van der Waals surface area contributed by atoms with Crippen LogP contribution < -0.4 is 5.56 Å². The van der Waals surface area contributed by atoms with Crippen molar-refractivity contribution in [3.8, 4) is 11.1 Å². The van der Waals surface area contributed by atoms with Gasteiger partial charge in [0.05, 0.1) is 24.3 Å². The van der Waals surface area contributed by atoms with Gasteiger partial charge in [-0.1, -0.05) is 19.4 Å². The number of pyridine rings is 1. The van der Waals surface area contributed by atoms with Gasteiger partial charge in [0.15, 0.2) is 5.69 Å². The first kappa shape index (κ1) is 17.9. The van der Waals surface area contributed by atoms with Crippen molar-refractivity contribution >= 4 is 22.5 Å². The smallest absolute Gasteiger partial charge is 0.358 e. The first-order chi connectivity index (χ1) is 13.6. The summed E-state index contributed by atoms with van der Waals surface area (Å²) < 4.78 is 8.16. The molecule has 3 heterocycles. The highest BCUT2D eigenvalue weighted by Crippen LogP contribution is 2.23. The lowest BCUT2D eigenvalue weighted by molar-refractivity contribution is 0.0595. The van der Waals surface area contributed by atoms with Crippen LogP contribution in [0.15, 0.2) is 53.8 Å². The number of methoxy groups -OCH3 is 1. The minimum absolute atomic E-state index is 0.0306. The number of benzene rings is 1. The monoisotopic (exact) mass is 376 g/mol. The van der Waals surface area contributed by atoms with Gasteiger partial charge in [-0.25, -0.2) is 14.8 Å². The van der Waals surface area contributed by atoms with E-state index in [9.17, 15) is 9.59 Å². The number of hydrogen-bond donors (Lipinski definition) is 0. The fourth-order valence-electron chi connectivity index (χ4n) is 3.19. The van der Waals surface area contributed by atoms with E-state index in [4.69, 9.17) is 4.74 Å². The summed E-state index contributed by atoms with van der Waals surface area (Å²) in [5, 5.41) is 0.595. The first-order valence-corrected chi connectivity index (χ1v) is 9.17. The second kappa shape index (κ2) is 7.26. The van der Waals surface area contributed by atoms with Crippen molar-refractivity contribution in [2.45, 2.75) is 26.3 Å². The third-order valence-corrected chi connectivity index (χ3v) is 4.76. The Bertz CT molecular complexity index is 1240. The normalized spacial score (nSPS) is 11.2. The summed E-state index contributed by atoms with van der Waals surface area (Å²) in [6.45, 7) is 2.76. The maximum Gasteiger partial charge on any atom is 0.358 e. The van der Waals surface area contributed by atoms with E-state index in [2.05, 4.69) is 16.9 Å². The number of fused-ring (bicyclic) bond motifs is 2. The fraction of sp³-hybridized carbons (Fsp3) is 0.238. The third kappa shape index (κ3) is 3.15. The number of rotatable bonds is 5. The number of aromatic nitrogens is 4. The molecule has 0 unspecified atom stereocenters. The van der Waals surface area contributed by atoms with Crippen molar-refractivity contribution < 1.29 is 9.53 Å². The number of aryl methyl sites for hydroxylation is 1. The third-order valence-electron chi connectivity index (χ3n) is 4.76. The van der Waals surface area contributed by atoms with Gasteiger partial charge in [0.2, 0.25) is 0 Å². The molecule has 0 amide bonds. The average Bonchev–Trinajstić information content (AvgIpc) is 3.16. The van der Waals surface area contributed by atoms with Gasteiger partial charge in [-0.3, -0.25) is 9.36 Å². The molecule has 0 aliphatic carbocycles. The highest BCUT2D eigenvalue weighted by atomic mass is 16.5. The van der Waals surface area contributed by atoms with Crippen LogP contribution in [-0.4, -0.2) is 32.0 Å². The van der Waals surface area contributed by atoms with Crippen molar-refractivity contribution in [2.24, 2.45) is 0 Å². The second-order valence-corrected chi connectivity index (χ2v) is 6.63. The Balaban J connectivity index is 1.78. The van der Waals surface area contributed by atoms with Crippen LogP contribution in [0.2, 0.25) is 0 Å². The zero-order chi connectivity index (χ0) is 19.7. The number of hydrogen-bond acceptors (Lipinski definition) is 5. The summed E-state index contributed by atoms with van der Waals surface area (Å²) in [5.41, 5.74) is 3.35. The lowest BCUT2D eigenvalue weighted by Gasteiger charge is -2.08. The summed E-state index contributed by atoms with van der Waals surface area (Å²) in [5.74, 6) is -0.477. The molecule has 0 spiro atoms. The number of nitrogens with zero attached hydrogens (tertiary/aromatic N) is 4. The van der Waals surface area contributed by atoms with Gasteiger partial charge in [0.1, 0.15) is 5.65 Å². The van der Waals surface area contributed by atoms with E-state index in [0.29, 0.717) is 23.1 Å². The van der Waals surface area contributed by atoms with Crippen LogP contribution in [0, 0.1) is 0 Å². The standard InChI is InChI=1S/C21H20N4O3/c1-3-4-9-24-13-22-17-7-5-14(10-16(17)20(24)26)15-6-8-19-23-18(21(27)28-2)12-25(19)11-15/h5-8,10-13H,3-4,9H2,1-2H3. The van der Waals surface area contributed by atoms with E-state index in [0.717, 1.165) is 24.0 Å². The van der Waals surface area contributed by atoms with Crippen molar-refractivity contribution in [1.82, 2.24) is 18.9 Å². The van der Waals surface area contributed by atoms with E-state index in [1.54, 1.807) is 21.5 Å². The Kier molecular flexibility index (Phi) is 4.65. The lowest BCUT2D eigenvalue weighted by Crippen LogP contribution is -2.20. The minimum atomic E-state index is -0.477. The van der Waals surface area contributed by atoms with Gasteiger partial charge in [0.25, 0.3) is 5.56 Å². The SMILES string of the molecule is CCCCn1cnc2ccc(-c3ccc4nc(C(=O)OC)cn4c3)cc2c1=O. The fourth-order valence-corrected chi connectivity index (χ4v) is 3.19. The molecular formula is C21H20N4O3. The van der Waals surface area contributed by atoms with Crippen LogP contribution in [0.5, 0.6) is 0 Å². The molecule has 0 atom stereocenters. The molecule has 28 heavy (non-hydrogen) atoms. The number of imidazole rings is 1. The Hall–Kier alpha value is -3.48. The van der Waals surface area contributed by atoms with Crippen LogP contribution in [0.1, 0.15) is 30.3 Å². The number of esters is 1. The van der Waals surface area contributed by atoms with E-state index in [1.807, 2.05) is 36.5 Å². The van der Waals surface area contributed by atoms with Crippen LogP contribution in [0.3, 0.4) is 0 Å². The van der Waals surface area contributed by atoms with Gasteiger partial charge in [-0.15, -0.1) is 0 Å². The molecule has 142 valence electrons. The van der Waals surface area contributed by atoms with E-state index in [1.165, 1.54) is 7.11 Å². The van der Waals surface area contributed by atoms with Gasteiger partial charge < -0.3 is 9.14 Å². The Labute approximate surface area is 161 Å². The van der Waals surface area contributed by atoms with Crippen LogP contribution >= 0.6 is 0 Å². The number of ether oxygens (including phenoxy) is 1. The quantitative estimate of drug-likeness (QED) is 0.500. The molecule has 4 aromatic rings. The molecule has 0 bridgehead atoms. The van der Waals surface area contributed by atoms with E-state index < -0.39 is 5.97 Å². The maximum absolute atomic E-state index is 12.8. The van der Waals surface area contributed by atoms with Crippen LogP contribution in [0.25, 0.3) is 27.7 Å². The predicted octanol–water partition coefficient (Wildman–Crippen LogP) is 3.30. The average molecular weight is 376 g/mol. The van der Waals surface area contributed by atoms with Crippen molar-refractivity contribution in [2.75, 3.05) is 7.11 Å². The molecule has 0 fully saturated rings. The lowest BCUT2D eigenvalue weighted by atomic mass is 10.1. The molecule has 0 radical (unpaired) electrons. The van der Waals surface area contributed by atoms with E-state index >= 15 is 0 Å². The van der Waals surface area contributed by atoms with Crippen molar-refractivity contribution in [3.05, 3.63) is 65.1 Å². The highest BCUT2D eigenvalue weighted by Gasteiger charge is 2.12. The molecule has 7 nitrogen and oxygen atoms in total. The number of carbonyl (C=O) groups is 1. The molecule has 0 aliphatic rings. The molecular weight excluding hydrogens is 356 g/mol. The van der Waals surface area contributed by atoms with Crippen molar-refractivity contribution in [1.29, 1.82) is 0 Å². The Morgan fingerprint density at radius 3 is 2.75 bits per heavy atom. The predicted molar refractivity (Wildman–Crippen MR) is 106 cm³/mol. The molecule has 0 N–H and O–H groups in total. The summed E-state index contributed by atoms with van der Waals surface area (Å²) in [6, 6.07) is 9.40. The first-order valence-electron chi connectivity index (χ1n) is 9.17. The molecule has 4 rings (SSSR count). The topological polar surface area (TPSA) is 78.5 Å². The zero-order valence-corrected chi connectivity index (χ0v) is 15.8. The van der Waals surface area contributed by atoms with E-state index in [-0.39, 0.29) is 11.3 Å².